The number of carbonyl (C=O) groups is 1. The summed E-state index contributed by atoms with van der Waals surface area (Å²) in [5.74, 6) is 0.335. The van der Waals surface area contributed by atoms with Crippen LogP contribution in [0.2, 0.25) is 0 Å². The monoisotopic (exact) mass is 237 g/mol. The Morgan fingerprint density at radius 2 is 2.24 bits per heavy atom. The number of nitrogens with zero attached hydrogens (tertiary/aromatic N) is 1. The number of nitrogens with one attached hydrogen (secondary N) is 2. The van der Waals surface area contributed by atoms with Crippen molar-refractivity contribution in [1.29, 1.82) is 0 Å². The van der Waals surface area contributed by atoms with Gasteiger partial charge in [0, 0.05) is 12.2 Å². The minimum Gasteiger partial charge on any atom is -0.385 e. The highest BCUT2D eigenvalue weighted by Crippen LogP contribution is 2.26. The summed E-state index contributed by atoms with van der Waals surface area (Å²) in [4.78, 5) is 19.1. The Morgan fingerprint density at radius 3 is 2.88 bits per heavy atom. The number of carbonyl (C=O) groups excluding carboxylic acids is 1. The molecule has 1 amide bonds. The lowest BCUT2D eigenvalue weighted by Crippen LogP contribution is -2.32. The van der Waals surface area contributed by atoms with Crippen molar-refractivity contribution >= 4 is 5.91 Å². The number of hydrogen-bond donors (Lipinski definition) is 3. The topological polar surface area (TPSA) is 78.0 Å². The third-order valence-corrected chi connectivity index (χ3v) is 3.10. The van der Waals surface area contributed by atoms with Crippen LogP contribution in [0.15, 0.2) is 0 Å². The number of aliphatic hydroxyl groups excluding tert-OH is 1. The van der Waals surface area contributed by atoms with E-state index in [0.29, 0.717) is 24.5 Å². The first kappa shape index (κ1) is 12.1. The average Bonchev–Trinajstić information content (AvgIpc) is 2.64. The molecule has 0 fully saturated rings. The molecule has 0 unspecified atom stereocenters. The molecule has 0 aromatic carbocycles. The van der Waals surface area contributed by atoms with E-state index in [2.05, 4.69) is 29.1 Å². The van der Waals surface area contributed by atoms with E-state index in [1.54, 1.807) is 0 Å². The molecule has 1 aliphatic heterocycles. The number of imidazole rings is 1. The van der Waals surface area contributed by atoms with Crippen molar-refractivity contribution in [2.45, 2.75) is 39.7 Å². The van der Waals surface area contributed by atoms with Crippen molar-refractivity contribution in [3.8, 4) is 0 Å². The van der Waals surface area contributed by atoms with E-state index in [1.807, 2.05) is 6.92 Å². The number of aromatic amines is 1. The molecule has 0 radical (unpaired) electrons. The largest absolute Gasteiger partial charge is 0.385 e. The van der Waals surface area contributed by atoms with Gasteiger partial charge in [-0.2, -0.15) is 0 Å². The van der Waals surface area contributed by atoms with Crippen LogP contribution >= 0.6 is 0 Å². The maximum absolute atomic E-state index is 11.8. The molecule has 1 aliphatic rings. The second-order valence-corrected chi connectivity index (χ2v) is 5.40. The van der Waals surface area contributed by atoms with E-state index in [1.165, 1.54) is 0 Å². The summed E-state index contributed by atoms with van der Waals surface area (Å²) in [6.07, 6.45) is 0.708. The molecule has 0 saturated carbocycles. The van der Waals surface area contributed by atoms with Crippen LogP contribution in [0.25, 0.3) is 0 Å². The average molecular weight is 237 g/mol. The van der Waals surface area contributed by atoms with E-state index < -0.39 is 6.10 Å². The Kier molecular flexibility index (Phi) is 2.95. The molecule has 0 saturated heterocycles. The van der Waals surface area contributed by atoms with Gasteiger partial charge in [-0.1, -0.05) is 20.8 Å². The predicted octanol–water partition coefficient (Wildman–Crippen LogP) is 1.17. The standard InChI is InChI=1S/C12H19N3O2/c1-4-8(16)10-14-7-5-12(2,3)6-13-11(17)9(7)15-10/h8,16H,4-6H2,1-3H3,(H,13,17)(H,14,15)/t8-/m1/s1. The normalized spacial score (nSPS) is 20.4. The van der Waals surface area contributed by atoms with Crippen molar-refractivity contribution in [2.24, 2.45) is 5.41 Å². The number of H-pyrrole nitrogens is 1. The lowest BCUT2D eigenvalue weighted by atomic mass is 9.88. The van der Waals surface area contributed by atoms with E-state index in [-0.39, 0.29) is 11.3 Å². The number of hydrogen-bond acceptors (Lipinski definition) is 3. The van der Waals surface area contributed by atoms with Crippen molar-refractivity contribution in [3.63, 3.8) is 0 Å². The Labute approximate surface area is 101 Å². The van der Waals surface area contributed by atoms with E-state index in [4.69, 9.17) is 0 Å². The number of amides is 1. The minimum atomic E-state index is -0.627. The number of aromatic nitrogens is 2. The predicted molar refractivity (Wildman–Crippen MR) is 63.7 cm³/mol. The summed E-state index contributed by atoms with van der Waals surface area (Å²) in [6, 6.07) is 0. The zero-order valence-electron chi connectivity index (χ0n) is 10.5. The molecule has 1 aromatic rings. The maximum atomic E-state index is 11.8. The lowest BCUT2D eigenvalue weighted by molar-refractivity contribution is 0.0939. The highest BCUT2D eigenvalue weighted by atomic mass is 16.3. The first-order valence-corrected chi connectivity index (χ1v) is 5.98. The molecule has 2 heterocycles. The zero-order valence-corrected chi connectivity index (χ0v) is 10.5. The summed E-state index contributed by atoms with van der Waals surface area (Å²) in [6.45, 7) is 6.71. The second kappa shape index (κ2) is 4.14. The maximum Gasteiger partial charge on any atom is 0.271 e. The molecule has 3 N–H and O–H groups in total. The van der Waals surface area contributed by atoms with Crippen LogP contribution in [-0.2, 0) is 6.42 Å². The van der Waals surface area contributed by atoms with Gasteiger partial charge in [-0.05, 0) is 18.3 Å². The van der Waals surface area contributed by atoms with Gasteiger partial charge in [-0.3, -0.25) is 4.79 Å². The van der Waals surface area contributed by atoms with Crippen LogP contribution in [0.5, 0.6) is 0 Å². The first-order chi connectivity index (χ1) is 7.93. The van der Waals surface area contributed by atoms with Gasteiger partial charge in [-0.25, -0.2) is 4.98 Å². The van der Waals surface area contributed by atoms with Crippen LogP contribution in [-0.4, -0.2) is 27.5 Å². The smallest absolute Gasteiger partial charge is 0.271 e. The Hall–Kier alpha value is -1.36. The molecule has 5 heteroatoms. The zero-order chi connectivity index (χ0) is 12.6. The van der Waals surface area contributed by atoms with Gasteiger partial charge in [0.2, 0.25) is 0 Å². The minimum absolute atomic E-state index is 0.00187. The van der Waals surface area contributed by atoms with Crippen molar-refractivity contribution in [2.75, 3.05) is 6.54 Å². The van der Waals surface area contributed by atoms with Crippen molar-refractivity contribution in [3.05, 3.63) is 17.2 Å². The SMILES string of the molecule is CC[C@@H](O)c1nc2c([nH]1)CC(C)(C)CNC2=O. The molecule has 1 aromatic heterocycles. The lowest BCUT2D eigenvalue weighted by Gasteiger charge is -2.21. The van der Waals surface area contributed by atoms with Gasteiger partial charge in [0.15, 0.2) is 0 Å². The second-order valence-electron chi connectivity index (χ2n) is 5.40. The molecular weight excluding hydrogens is 218 g/mol. The van der Waals surface area contributed by atoms with E-state index in [9.17, 15) is 9.90 Å². The van der Waals surface area contributed by atoms with Gasteiger partial charge >= 0.3 is 0 Å². The highest BCUT2D eigenvalue weighted by Gasteiger charge is 2.30. The van der Waals surface area contributed by atoms with Gasteiger partial charge in [0.1, 0.15) is 17.6 Å². The van der Waals surface area contributed by atoms with Gasteiger partial charge in [-0.15, -0.1) is 0 Å². The molecule has 0 bridgehead atoms. The van der Waals surface area contributed by atoms with Gasteiger partial charge in [0.05, 0.1) is 0 Å². The summed E-state index contributed by atoms with van der Waals surface area (Å²) < 4.78 is 0. The summed E-state index contributed by atoms with van der Waals surface area (Å²) >= 11 is 0. The third kappa shape index (κ3) is 2.34. The fourth-order valence-electron chi connectivity index (χ4n) is 2.04. The van der Waals surface area contributed by atoms with Crippen LogP contribution in [0, 0.1) is 5.41 Å². The van der Waals surface area contributed by atoms with E-state index >= 15 is 0 Å². The third-order valence-electron chi connectivity index (χ3n) is 3.10. The Morgan fingerprint density at radius 1 is 1.53 bits per heavy atom. The van der Waals surface area contributed by atoms with Crippen LogP contribution in [0.4, 0.5) is 0 Å². The van der Waals surface area contributed by atoms with E-state index in [0.717, 1.165) is 12.1 Å². The fourth-order valence-corrected chi connectivity index (χ4v) is 2.04. The summed E-state index contributed by atoms with van der Waals surface area (Å²) in [7, 11) is 0. The molecule has 0 aliphatic carbocycles. The molecule has 0 spiro atoms. The van der Waals surface area contributed by atoms with Crippen LogP contribution in [0.3, 0.4) is 0 Å². The van der Waals surface area contributed by atoms with Gasteiger partial charge < -0.3 is 15.4 Å². The Bertz CT molecular complexity index is 437. The van der Waals surface area contributed by atoms with Crippen molar-refractivity contribution in [1.82, 2.24) is 15.3 Å². The summed E-state index contributed by atoms with van der Waals surface area (Å²) in [5, 5.41) is 12.6. The Balaban J connectivity index is 2.38. The van der Waals surface area contributed by atoms with Gasteiger partial charge in [0.25, 0.3) is 5.91 Å². The molecule has 5 nitrogen and oxygen atoms in total. The number of fused-ring (bicyclic) bond motifs is 1. The molecular formula is C12H19N3O2. The van der Waals surface area contributed by atoms with Crippen LogP contribution in [0.1, 0.15) is 55.3 Å². The number of rotatable bonds is 2. The number of aliphatic hydroxyl groups is 1. The highest BCUT2D eigenvalue weighted by molar-refractivity contribution is 5.93. The molecule has 2 rings (SSSR count). The summed E-state index contributed by atoms with van der Waals surface area (Å²) in [5.41, 5.74) is 1.26. The first-order valence-electron chi connectivity index (χ1n) is 5.98. The molecule has 94 valence electrons. The molecule has 1 atom stereocenters. The molecule has 17 heavy (non-hydrogen) atoms. The van der Waals surface area contributed by atoms with Crippen LogP contribution < -0.4 is 5.32 Å². The fraction of sp³-hybridized carbons (Fsp3) is 0.667. The van der Waals surface area contributed by atoms with Crippen molar-refractivity contribution < 1.29 is 9.90 Å². The quantitative estimate of drug-likeness (QED) is 0.722.